The summed E-state index contributed by atoms with van der Waals surface area (Å²) in [5.41, 5.74) is 0.629. The van der Waals surface area contributed by atoms with Crippen molar-refractivity contribution >= 4 is 11.9 Å². The fourth-order valence-corrected chi connectivity index (χ4v) is 2.58. The van der Waals surface area contributed by atoms with E-state index in [1.807, 2.05) is 0 Å². The molecular formula is C9H19NS. The van der Waals surface area contributed by atoms with Crippen LogP contribution in [0, 0.1) is 11.3 Å². The summed E-state index contributed by atoms with van der Waals surface area (Å²) in [7, 11) is 0. The maximum Gasteiger partial charge on any atom is 0.0165 e. The first kappa shape index (κ1) is 9.40. The highest BCUT2D eigenvalue weighted by molar-refractivity contribution is 7.97. The Kier molecular flexibility index (Phi) is 2.87. The zero-order valence-electron chi connectivity index (χ0n) is 7.76. The van der Waals surface area contributed by atoms with Crippen LogP contribution >= 0.6 is 11.9 Å². The van der Waals surface area contributed by atoms with Crippen molar-refractivity contribution in [2.24, 2.45) is 16.5 Å². The van der Waals surface area contributed by atoms with Gasteiger partial charge in [-0.1, -0.05) is 32.7 Å². The summed E-state index contributed by atoms with van der Waals surface area (Å²) in [6.45, 7) is 6.92. The highest BCUT2D eigenvalue weighted by Crippen LogP contribution is 2.47. The maximum absolute atomic E-state index is 5.48. The van der Waals surface area contributed by atoms with E-state index in [-0.39, 0.29) is 0 Å². The minimum atomic E-state index is 0.629. The van der Waals surface area contributed by atoms with E-state index in [4.69, 9.17) is 5.14 Å². The van der Waals surface area contributed by atoms with Gasteiger partial charge in [-0.05, 0) is 30.6 Å². The van der Waals surface area contributed by atoms with Crippen molar-refractivity contribution in [3.63, 3.8) is 0 Å². The van der Waals surface area contributed by atoms with Gasteiger partial charge in [0.2, 0.25) is 0 Å². The Morgan fingerprint density at radius 2 is 2.09 bits per heavy atom. The van der Waals surface area contributed by atoms with E-state index in [2.05, 4.69) is 20.8 Å². The molecule has 2 N–H and O–H groups in total. The third-order valence-corrected chi connectivity index (χ3v) is 3.24. The Balaban J connectivity index is 2.13. The Morgan fingerprint density at radius 3 is 2.45 bits per heavy atom. The predicted molar refractivity (Wildman–Crippen MR) is 52.4 cm³/mol. The molecular weight excluding hydrogens is 154 g/mol. The van der Waals surface area contributed by atoms with Crippen LogP contribution in [0.15, 0.2) is 0 Å². The molecule has 1 atom stereocenters. The second-order valence-corrected chi connectivity index (χ2v) is 5.70. The number of hydrogen-bond donors (Lipinski definition) is 1. The van der Waals surface area contributed by atoms with E-state index in [9.17, 15) is 0 Å². The van der Waals surface area contributed by atoms with E-state index >= 15 is 0 Å². The molecule has 1 nitrogen and oxygen atoms in total. The highest BCUT2D eigenvalue weighted by Gasteiger charge is 2.36. The van der Waals surface area contributed by atoms with Crippen molar-refractivity contribution in [3.05, 3.63) is 0 Å². The van der Waals surface area contributed by atoms with Crippen LogP contribution in [-0.2, 0) is 0 Å². The lowest BCUT2D eigenvalue weighted by molar-refractivity contribution is 0.0905. The van der Waals surface area contributed by atoms with Crippen molar-refractivity contribution in [2.45, 2.75) is 45.3 Å². The van der Waals surface area contributed by atoms with Gasteiger partial charge in [0.05, 0.1) is 0 Å². The first-order valence-corrected chi connectivity index (χ1v) is 5.33. The van der Waals surface area contributed by atoms with E-state index in [0.717, 1.165) is 5.92 Å². The van der Waals surface area contributed by atoms with Crippen molar-refractivity contribution in [2.75, 3.05) is 0 Å². The van der Waals surface area contributed by atoms with Gasteiger partial charge in [-0.25, -0.2) is 0 Å². The van der Waals surface area contributed by atoms with Gasteiger partial charge >= 0.3 is 0 Å². The van der Waals surface area contributed by atoms with E-state index in [1.54, 1.807) is 0 Å². The zero-order chi connectivity index (χ0) is 8.48. The largest absolute Gasteiger partial charge is 0.278 e. The predicted octanol–water partition coefficient (Wildman–Crippen LogP) is 2.81. The van der Waals surface area contributed by atoms with Crippen LogP contribution in [0.1, 0.15) is 40.0 Å². The molecule has 0 amide bonds. The summed E-state index contributed by atoms with van der Waals surface area (Å²) in [5, 5.41) is 6.13. The van der Waals surface area contributed by atoms with E-state index in [0.29, 0.717) is 10.7 Å². The van der Waals surface area contributed by atoms with Gasteiger partial charge in [0.25, 0.3) is 0 Å². The summed E-state index contributed by atoms with van der Waals surface area (Å²) in [5.74, 6) is 0.955. The zero-order valence-corrected chi connectivity index (χ0v) is 8.58. The SMILES string of the molecule is CC(CC1CC(C)(C)C1)SN. The molecule has 0 aliphatic heterocycles. The molecule has 0 bridgehead atoms. The van der Waals surface area contributed by atoms with Crippen molar-refractivity contribution < 1.29 is 0 Å². The van der Waals surface area contributed by atoms with Crippen LogP contribution in [-0.4, -0.2) is 5.25 Å². The normalized spacial score (nSPS) is 26.2. The fourth-order valence-electron chi connectivity index (χ4n) is 2.19. The van der Waals surface area contributed by atoms with Crippen LogP contribution in [0.4, 0.5) is 0 Å². The summed E-state index contributed by atoms with van der Waals surface area (Å²) >= 11 is 1.50. The van der Waals surface area contributed by atoms with Crippen molar-refractivity contribution in [3.8, 4) is 0 Å². The third-order valence-electron chi connectivity index (χ3n) is 2.58. The molecule has 0 aromatic rings. The standard InChI is InChI=1S/C9H19NS/c1-7(11-10)4-8-5-9(2,3)6-8/h7-8H,4-6,10H2,1-3H3. The molecule has 0 radical (unpaired) electrons. The Labute approximate surface area is 74.3 Å². The first-order valence-electron chi connectivity index (χ1n) is 4.39. The van der Waals surface area contributed by atoms with Crippen LogP contribution < -0.4 is 5.14 Å². The van der Waals surface area contributed by atoms with Gasteiger partial charge < -0.3 is 0 Å². The molecule has 1 aliphatic rings. The van der Waals surface area contributed by atoms with Crippen molar-refractivity contribution in [1.82, 2.24) is 0 Å². The van der Waals surface area contributed by atoms with Crippen LogP contribution in [0.3, 0.4) is 0 Å². The Hall–Kier alpha value is 0.310. The molecule has 2 heteroatoms. The minimum absolute atomic E-state index is 0.629. The molecule has 0 saturated heterocycles. The molecule has 1 fully saturated rings. The van der Waals surface area contributed by atoms with Crippen LogP contribution in [0.25, 0.3) is 0 Å². The van der Waals surface area contributed by atoms with Gasteiger partial charge in [-0.2, -0.15) is 0 Å². The monoisotopic (exact) mass is 173 g/mol. The van der Waals surface area contributed by atoms with E-state index in [1.165, 1.54) is 31.2 Å². The average molecular weight is 173 g/mol. The molecule has 11 heavy (non-hydrogen) atoms. The summed E-state index contributed by atoms with van der Waals surface area (Å²) < 4.78 is 0. The Bertz CT molecular complexity index is 126. The molecule has 0 aromatic heterocycles. The second-order valence-electron chi connectivity index (χ2n) is 4.62. The first-order chi connectivity index (χ1) is 5.03. The van der Waals surface area contributed by atoms with Gasteiger partial charge in [0.15, 0.2) is 0 Å². The third kappa shape index (κ3) is 2.68. The van der Waals surface area contributed by atoms with Crippen LogP contribution in [0.5, 0.6) is 0 Å². The number of nitrogens with two attached hydrogens (primary N) is 1. The average Bonchev–Trinajstić information content (AvgIpc) is 1.83. The quantitative estimate of drug-likeness (QED) is 0.664. The summed E-state index contributed by atoms with van der Waals surface area (Å²) in [6, 6.07) is 0. The number of rotatable bonds is 3. The second kappa shape index (κ2) is 3.36. The molecule has 1 rings (SSSR count). The lowest BCUT2D eigenvalue weighted by Gasteiger charge is -2.43. The molecule has 0 aromatic carbocycles. The maximum atomic E-state index is 5.48. The highest BCUT2D eigenvalue weighted by atomic mass is 32.2. The molecule has 1 unspecified atom stereocenters. The van der Waals surface area contributed by atoms with Crippen molar-refractivity contribution in [1.29, 1.82) is 0 Å². The van der Waals surface area contributed by atoms with Crippen LogP contribution in [0.2, 0.25) is 0 Å². The molecule has 66 valence electrons. The topological polar surface area (TPSA) is 26.0 Å². The lowest BCUT2D eigenvalue weighted by Crippen LogP contribution is -2.33. The van der Waals surface area contributed by atoms with Gasteiger partial charge in [-0.15, -0.1) is 0 Å². The summed E-state index contributed by atoms with van der Waals surface area (Å²) in [4.78, 5) is 0. The van der Waals surface area contributed by atoms with Gasteiger partial charge in [-0.3, -0.25) is 5.14 Å². The summed E-state index contributed by atoms with van der Waals surface area (Å²) in [6.07, 6.45) is 4.11. The number of hydrogen-bond acceptors (Lipinski definition) is 2. The Morgan fingerprint density at radius 1 is 1.55 bits per heavy atom. The lowest BCUT2D eigenvalue weighted by atomic mass is 9.63. The fraction of sp³-hybridized carbons (Fsp3) is 1.00. The van der Waals surface area contributed by atoms with Gasteiger partial charge in [0, 0.05) is 5.25 Å². The molecule has 1 aliphatic carbocycles. The molecule has 0 heterocycles. The van der Waals surface area contributed by atoms with E-state index < -0.39 is 0 Å². The smallest absolute Gasteiger partial charge is 0.0165 e. The van der Waals surface area contributed by atoms with Gasteiger partial charge in [0.1, 0.15) is 0 Å². The minimum Gasteiger partial charge on any atom is -0.278 e. The molecule has 1 saturated carbocycles. The molecule has 0 spiro atoms.